The van der Waals surface area contributed by atoms with Crippen molar-refractivity contribution in [2.75, 3.05) is 0 Å². The average Bonchev–Trinajstić information content (AvgIpc) is 2.65. The maximum atomic E-state index is 12.3. The van der Waals surface area contributed by atoms with Crippen molar-refractivity contribution >= 4 is 17.5 Å². The SMILES string of the molecule is CCC(Oc1ccccc1C)C(=O)NNC(=O)c1ccccc1[N+](=O)[O-]. The molecule has 2 N–H and O–H groups in total. The van der Waals surface area contributed by atoms with Crippen LogP contribution in [0.15, 0.2) is 48.5 Å². The third-order valence-corrected chi connectivity index (χ3v) is 3.67. The molecular formula is C18H19N3O5. The van der Waals surface area contributed by atoms with Crippen molar-refractivity contribution in [3.05, 3.63) is 69.8 Å². The molecule has 0 fully saturated rings. The first-order valence-corrected chi connectivity index (χ1v) is 8.00. The van der Waals surface area contributed by atoms with E-state index in [2.05, 4.69) is 10.9 Å². The third-order valence-electron chi connectivity index (χ3n) is 3.67. The van der Waals surface area contributed by atoms with Gasteiger partial charge in [0.25, 0.3) is 17.5 Å². The van der Waals surface area contributed by atoms with E-state index >= 15 is 0 Å². The Morgan fingerprint density at radius 3 is 2.42 bits per heavy atom. The summed E-state index contributed by atoms with van der Waals surface area (Å²) < 4.78 is 5.68. The minimum atomic E-state index is -0.817. The van der Waals surface area contributed by atoms with Crippen molar-refractivity contribution in [3.8, 4) is 5.75 Å². The monoisotopic (exact) mass is 357 g/mol. The van der Waals surface area contributed by atoms with Crippen molar-refractivity contribution in [2.24, 2.45) is 0 Å². The summed E-state index contributed by atoms with van der Waals surface area (Å²) in [5, 5.41) is 11.0. The predicted molar refractivity (Wildman–Crippen MR) is 94.6 cm³/mol. The molecule has 0 heterocycles. The van der Waals surface area contributed by atoms with Crippen LogP contribution in [0.1, 0.15) is 29.3 Å². The van der Waals surface area contributed by atoms with Gasteiger partial charge < -0.3 is 4.74 Å². The highest BCUT2D eigenvalue weighted by atomic mass is 16.6. The number of nitro groups is 1. The molecule has 0 spiro atoms. The molecule has 0 aliphatic carbocycles. The van der Waals surface area contributed by atoms with Gasteiger partial charge in [-0.2, -0.15) is 0 Å². The van der Waals surface area contributed by atoms with Gasteiger partial charge in [0.05, 0.1) is 4.92 Å². The maximum Gasteiger partial charge on any atom is 0.282 e. The first-order valence-electron chi connectivity index (χ1n) is 8.00. The van der Waals surface area contributed by atoms with Gasteiger partial charge in [-0.3, -0.25) is 30.6 Å². The van der Waals surface area contributed by atoms with Gasteiger partial charge in [-0.1, -0.05) is 37.3 Å². The highest BCUT2D eigenvalue weighted by molar-refractivity contribution is 5.99. The predicted octanol–water partition coefficient (Wildman–Crippen LogP) is 2.52. The fraction of sp³-hybridized carbons (Fsp3) is 0.222. The Bertz CT molecular complexity index is 822. The summed E-state index contributed by atoms with van der Waals surface area (Å²) in [5.74, 6) is -0.765. The molecule has 1 unspecified atom stereocenters. The van der Waals surface area contributed by atoms with Crippen molar-refractivity contribution in [2.45, 2.75) is 26.4 Å². The fourth-order valence-electron chi connectivity index (χ4n) is 2.26. The molecule has 8 heteroatoms. The molecule has 26 heavy (non-hydrogen) atoms. The molecule has 2 aromatic rings. The van der Waals surface area contributed by atoms with Crippen LogP contribution in [0.4, 0.5) is 5.69 Å². The molecule has 2 rings (SSSR count). The lowest BCUT2D eigenvalue weighted by molar-refractivity contribution is -0.385. The van der Waals surface area contributed by atoms with E-state index in [9.17, 15) is 19.7 Å². The number of nitrogens with zero attached hydrogens (tertiary/aromatic N) is 1. The topological polar surface area (TPSA) is 111 Å². The second-order valence-electron chi connectivity index (χ2n) is 5.50. The average molecular weight is 357 g/mol. The lowest BCUT2D eigenvalue weighted by atomic mass is 10.2. The number of para-hydroxylation sites is 2. The van der Waals surface area contributed by atoms with Crippen molar-refractivity contribution in [3.63, 3.8) is 0 Å². The van der Waals surface area contributed by atoms with E-state index in [1.807, 2.05) is 19.1 Å². The van der Waals surface area contributed by atoms with E-state index in [4.69, 9.17) is 4.74 Å². The van der Waals surface area contributed by atoms with Crippen LogP contribution in [0.2, 0.25) is 0 Å². The van der Waals surface area contributed by atoms with Gasteiger partial charge in [-0.25, -0.2) is 0 Å². The minimum Gasteiger partial charge on any atom is -0.480 e. The van der Waals surface area contributed by atoms with E-state index in [1.54, 1.807) is 19.1 Å². The van der Waals surface area contributed by atoms with Crippen molar-refractivity contribution in [1.82, 2.24) is 10.9 Å². The summed E-state index contributed by atoms with van der Waals surface area (Å²) in [7, 11) is 0. The van der Waals surface area contributed by atoms with E-state index in [0.29, 0.717) is 12.2 Å². The number of hydrogen-bond acceptors (Lipinski definition) is 5. The molecule has 0 aliphatic heterocycles. The van der Waals surface area contributed by atoms with Gasteiger partial charge in [-0.05, 0) is 31.0 Å². The van der Waals surface area contributed by atoms with E-state index in [0.717, 1.165) is 5.56 Å². The number of carbonyl (C=O) groups is 2. The van der Waals surface area contributed by atoms with Crippen molar-refractivity contribution in [1.29, 1.82) is 0 Å². The largest absolute Gasteiger partial charge is 0.480 e. The lowest BCUT2D eigenvalue weighted by Gasteiger charge is -2.18. The van der Waals surface area contributed by atoms with Crippen LogP contribution in [0.25, 0.3) is 0 Å². The van der Waals surface area contributed by atoms with Crippen LogP contribution < -0.4 is 15.6 Å². The van der Waals surface area contributed by atoms with Gasteiger partial charge in [0, 0.05) is 6.07 Å². The van der Waals surface area contributed by atoms with E-state index in [1.165, 1.54) is 24.3 Å². The number of rotatable bonds is 6. The third kappa shape index (κ3) is 4.56. The number of amides is 2. The van der Waals surface area contributed by atoms with Crippen molar-refractivity contribution < 1.29 is 19.2 Å². The van der Waals surface area contributed by atoms with Crippen LogP contribution in [-0.2, 0) is 4.79 Å². The smallest absolute Gasteiger partial charge is 0.282 e. The summed E-state index contributed by atoms with van der Waals surface area (Å²) >= 11 is 0. The number of carbonyl (C=O) groups excluding carboxylic acids is 2. The molecule has 2 aromatic carbocycles. The van der Waals surface area contributed by atoms with E-state index in [-0.39, 0.29) is 11.3 Å². The second-order valence-corrected chi connectivity index (χ2v) is 5.50. The van der Waals surface area contributed by atoms with Gasteiger partial charge in [0.2, 0.25) is 0 Å². The Kier molecular flexibility index (Phi) is 6.26. The Morgan fingerprint density at radius 2 is 1.77 bits per heavy atom. The standard InChI is InChI=1S/C18H19N3O5/c1-3-15(26-16-11-7-4-8-12(16)2)18(23)20-19-17(22)13-9-5-6-10-14(13)21(24)25/h4-11,15H,3H2,1-2H3,(H,19,22)(H,20,23). The normalized spacial score (nSPS) is 11.3. The van der Waals surface area contributed by atoms with Gasteiger partial charge in [0.15, 0.2) is 6.10 Å². The number of hydrazine groups is 1. The molecule has 136 valence electrons. The van der Waals surface area contributed by atoms with E-state index < -0.39 is 22.8 Å². The fourth-order valence-corrected chi connectivity index (χ4v) is 2.26. The molecule has 0 radical (unpaired) electrons. The molecule has 0 aliphatic rings. The van der Waals surface area contributed by atoms with Gasteiger partial charge in [0.1, 0.15) is 11.3 Å². The number of nitro benzene ring substituents is 1. The van der Waals surface area contributed by atoms with Gasteiger partial charge >= 0.3 is 0 Å². The summed E-state index contributed by atoms with van der Waals surface area (Å²) in [4.78, 5) is 34.7. The summed E-state index contributed by atoms with van der Waals surface area (Å²) in [5.41, 5.74) is 4.82. The first kappa shape index (κ1) is 18.9. The zero-order chi connectivity index (χ0) is 19.1. The molecule has 0 saturated carbocycles. The summed E-state index contributed by atoms with van der Waals surface area (Å²) in [6.07, 6.45) is -0.441. The molecule has 0 saturated heterocycles. The Labute approximate surface area is 150 Å². The zero-order valence-corrected chi connectivity index (χ0v) is 14.4. The van der Waals surface area contributed by atoms with Gasteiger partial charge in [-0.15, -0.1) is 0 Å². The second kappa shape index (κ2) is 8.61. The zero-order valence-electron chi connectivity index (χ0n) is 14.4. The Hall–Kier alpha value is -3.42. The van der Waals surface area contributed by atoms with Crippen LogP contribution in [0.3, 0.4) is 0 Å². The number of hydrogen-bond donors (Lipinski definition) is 2. The van der Waals surface area contributed by atoms with Crippen LogP contribution in [-0.4, -0.2) is 22.8 Å². The number of benzene rings is 2. The first-order chi connectivity index (χ1) is 12.4. The lowest BCUT2D eigenvalue weighted by Crippen LogP contribution is -2.48. The maximum absolute atomic E-state index is 12.3. The number of ether oxygens (including phenoxy) is 1. The molecule has 0 bridgehead atoms. The van der Waals surface area contributed by atoms with Crippen LogP contribution in [0, 0.1) is 17.0 Å². The molecule has 8 nitrogen and oxygen atoms in total. The minimum absolute atomic E-state index is 0.148. The summed E-state index contributed by atoms with van der Waals surface area (Å²) in [6.45, 7) is 3.63. The Balaban J connectivity index is 2.01. The summed E-state index contributed by atoms with van der Waals surface area (Å²) in [6, 6.07) is 12.7. The highest BCUT2D eigenvalue weighted by Gasteiger charge is 2.22. The Morgan fingerprint density at radius 1 is 1.12 bits per heavy atom. The molecule has 0 aromatic heterocycles. The highest BCUT2D eigenvalue weighted by Crippen LogP contribution is 2.19. The van der Waals surface area contributed by atoms with Crippen LogP contribution >= 0.6 is 0 Å². The molecule has 2 amide bonds. The molecule has 1 atom stereocenters. The quantitative estimate of drug-likeness (QED) is 0.610. The van der Waals surface area contributed by atoms with Crippen LogP contribution in [0.5, 0.6) is 5.75 Å². The number of nitrogens with one attached hydrogen (secondary N) is 2. The number of aryl methyl sites for hydroxylation is 1. The molecular weight excluding hydrogens is 338 g/mol.